The van der Waals surface area contributed by atoms with E-state index in [1.54, 1.807) is 13.0 Å². The number of amides is 1. The van der Waals surface area contributed by atoms with Gasteiger partial charge >= 0.3 is 18.1 Å². The van der Waals surface area contributed by atoms with Crippen molar-refractivity contribution in [3.8, 4) is 0 Å². The molecule has 0 fully saturated rings. The van der Waals surface area contributed by atoms with E-state index in [4.69, 9.17) is 5.11 Å². The van der Waals surface area contributed by atoms with E-state index in [2.05, 4.69) is 0 Å². The maximum absolute atomic E-state index is 12.1. The lowest BCUT2D eigenvalue weighted by atomic mass is 9.86. The summed E-state index contributed by atoms with van der Waals surface area (Å²) in [5, 5.41) is 10.5. The normalized spacial score (nSPS) is 17.2. The molecule has 0 saturated heterocycles. The summed E-state index contributed by atoms with van der Waals surface area (Å²) in [5.41, 5.74) is -2.00. The van der Waals surface area contributed by atoms with E-state index in [1.165, 1.54) is 18.3 Å². The highest BCUT2D eigenvalue weighted by molar-refractivity contribution is 5.89. The van der Waals surface area contributed by atoms with Gasteiger partial charge in [-0.25, -0.2) is 4.79 Å². The van der Waals surface area contributed by atoms with E-state index in [0.29, 0.717) is 6.42 Å². The first-order valence-electron chi connectivity index (χ1n) is 5.35. The number of carbonyl (C=O) groups excluding carboxylic acids is 1. The first kappa shape index (κ1) is 16.5. The molecule has 0 unspecified atom stereocenters. The Hall–Kier alpha value is -1.53. The molecule has 104 valence electrons. The number of hydrogen-bond donors (Lipinski definition) is 2. The third kappa shape index (κ3) is 4.05. The second-order valence-corrected chi connectivity index (χ2v) is 4.08. The maximum atomic E-state index is 12.1. The first-order chi connectivity index (χ1) is 8.05. The Morgan fingerprint density at radius 3 is 2.22 bits per heavy atom. The molecule has 0 aromatic rings. The van der Waals surface area contributed by atoms with Crippen molar-refractivity contribution < 1.29 is 27.9 Å². The fraction of sp³-hybridized carbons (Fsp3) is 0.636. The van der Waals surface area contributed by atoms with Crippen molar-refractivity contribution in [3.05, 3.63) is 12.2 Å². The van der Waals surface area contributed by atoms with E-state index < -0.39 is 29.5 Å². The molecule has 0 spiro atoms. The monoisotopic (exact) mass is 267 g/mol. The van der Waals surface area contributed by atoms with Gasteiger partial charge in [0.25, 0.3) is 0 Å². The van der Waals surface area contributed by atoms with Crippen LogP contribution in [0.1, 0.15) is 27.2 Å². The van der Waals surface area contributed by atoms with Crippen LogP contribution < -0.4 is 5.32 Å². The molecule has 1 amide bonds. The molecule has 0 aromatic heterocycles. The fourth-order valence-corrected chi connectivity index (χ4v) is 1.20. The summed E-state index contributed by atoms with van der Waals surface area (Å²) in [4.78, 5) is 21.9. The highest BCUT2D eigenvalue weighted by Gasteiger charge is 2.47. The average Bonchev–Trinajstić information content (AvgIpc) is 2.23. The number of halogens is 3. The predicted molar refractivity (Wildman–Crippen MR) is 58.8 cm³/mol. The third-order valence-corrected chi connectivity index (χ3v) is 2.65. The third-order valence-electron chi connectivity index (χ3n) is 2.65. The lowest BCUT2D eigenvalue weighted by Gasteiger charge is -2.31. The lowest BCUT2D eigenvalue weighted by Crippen LogP contribution is -2.59. The van der Waals surface area contributed by atoms with Crippen molar-refractivity contribution in [2.45, 2.75) is 38.9 Å². The highest BCUT2D eigenvalue weighted by Crippen LogP contribution is 2.23. The largest absolute Gasteiger partial charge is 0.479 e. The number of alkyl halides is 3. The van der Waals surface area contributed by atoms with Gasteiger partial charge in [-0.1, -0.05) is 26.0 Å². The maximum Gasteiger partial charge on any atom is 0.471 e. The van der Waals surface area contributed by atoms with E-state index in [1.807, 2.05) is 0 Å². The number of carbonyl (C=O) groups is 2. The molecule has 0 aromatic carbocycles. The van der Waals surface area contributed by atoms with Crippen LogP contribution >= 0.6 is 0 Å². The van der Waals surface area contributed by atoms with Gasteiger partial charge in [-0.3, -0.25) is 4.79 Å². The molecular formula is C11H16F3NO3. The summed E-state index contributed by atoms with van der Waals surface area (Å²) in [6.07, 6.45) is -1.39. The highest BCUT2D eigenvalue weighted by atomic mass is 19.4. The van der Waals surface area contributed by atoms with Crippen molar-refractivity contribution in [2.75, 3.05) is 0 Å². The van der Waals surface area contributed by atoms with Gasteiger partial charge in [-0.05, 0) is 13.3 Å². The van der Waals surface area contributed by atoms with Gasteiger partial charge in [0, 0.05) is 5.92 Å². The summed E-state index contributed by atoms with van der Waals surface area (Å²) >= 11 is 0. The second kappa shape index (κ2) is 5.88. The summed E-state index contributed by atoms with van der Waals surface area (Å²) in [6.45, 7) is 4.27. The average molecular weight is 267 g/mol. The smallest absolute Gasteiger partial charge is 0.471 e. The van der Waals surface area contributed by atoms with Crippen LogP contribution in [-0.2, 0) is 9.59 Å². The number of allylic oxidation sites excluding steroid dienone is 1. The Morgan fingerprint density at radius 2 is 1.89 bits per heavy atom. The van der Waals surface area contributed by atoms with Crippen molar-refractivity contribution in [3.63, 3.8) is 0 Å². The van der Waals surface area contributed by atoms with Crippen molar-refractivity contribution in [1.82, 2.24) is 5.32 Å². The number of carboxylic acids is 1. The molecule has 0 aliphatic rings. The molecule has 0 aliphatic carbocycles. The van der Waals surface area contributed by atoms with Gasteiger partial charge in [0.15, 0.2) is 0 Å². The zero-order valence-electron chi connectivity index (χ0n) is 10.3. The molecule has 0 radical (unpaired) electrons. The van der Waals surface area contributed by atoms with Gasteiger partial charge < -0.3 is 10.4 Å². The zero-order valence-corrected chi connectivity index (χ0v) is 10.3. The SMILES string of the molecule is CC/C=C/[C@H](C)[C@](C)(NC(=O)C(F)(F)F)C(=O)O. The Kier molecular flexibility index (Phi) is 5.38. The molecule has 0 bridgehead atoms. The Morgan fingerprint density at radius 1 is 1.39 bits per heavy atom. The molecule has 0 rings (SSSR count). The Labute approximate surface area is 103 Å². The van der Waals surface area contributed by atoms with Gasteiger partial charge in [0.1, 0.15) is 5.54 Å². The van der Waals surface area contributed by atoms with Crippen LogP contribution in [0.4, 0.5) is 13.2 Å². The number of aliphatic carboxylic acids is 1. The minimum absolute atomic E-state index is 0.618. The fourth-order valence-electron chi connectivity index (χ4n) is 1.20. The first-order valence-corrected chi connectivity index (χ1v) is 5.35. The van der Waals surface area contributed by atoms with Crippen molar-refractivity contribution in [1.29, 1.82) is 0 Å². The number of hydrogen-bond acceptors (Lipinski definition) is 2. The van der Waals surface area contributed by atoms with E-state index in [9.17, 15) is 22.8 Å². The predicted octanol–water partition coefficient (Wildman–Crippen LogP) is 2.11. The van der Waals surface area contributed by atoms with Crippen LogP contribution in [0.3, 0.4) is 0 Å². The molecule has 2 atom stereocenters. The number of rotatable bonds is 5. The second-order valence-electron chi connectivity index (χ2n) is 4.08. The molecule has 18 heavy (non-hydrogen) atoms. The molecule has 0 saturated carbocycles. The van der Waals surface area contributed by atoms with Crippen LogP contribution in [-0.4, -0.2) is 28.7 Å². The number of carboxylic acid groups (broad SMARTS) is 1. The van der Waals surface area contributed by atoms with Crippen LogP contribution in [0.5, 0.6) is 0 Å². The Balaban J connectivity index is 5.12. The van der Waals surface area contributed by atoms with Gasteiger partial charge in [-0.15, -0.1) is 0 Å². The molecule has 7 heteroatoms. The van der Waals surface area contributed by atoms with Crippen molar-refractivity contribution >= 4 is 11.9 Å². The quantitative estimate of drug-likeness (QED) is 0.750. The van der Waals surface area contributed by atoms with Crippen LogP contribution in [0.15, 0.2) is 12.2 Å². The molecule has 0 aliphatic heterocycles. The molecule has 4 nitrogen and oxygen atoms in total. The van der Waals surface area contributed by atoms with E-state index >= 15 is 0 Å². The molecule has 2 N–H and O–H groups in total. The van der Waals surface area contributed by atoms with Crippen LogP contribution in [0.2, 0.25) is 0 Å². The summed E-state index contributed by atoms with van der Waals surface area (Å²) in [5.74, 6) is -4.56. The zero-order chi connectivity index (χ0) is 14.6. The topological polar surface area (TPSA) is 66.4 Å². The van der Waals surface area contributed by atoms with Gasteiger partial charge in [0.2, 0.25) is 0 Å². The lowest BCUT2D eigenvalue weighted by molar-refractivity contribution is -0.178. The van der Waals surface area contributed by atoms with E-state index in [-0.39, 0.29) is 0 Å². The van der Waals surface area contributed by atoms with Crippen molar-refractivity contribution in [2.24, 2.45) is 5.92 Å². The van der Waals surface area contributed by atoms with Gasteiger partial charge in [-0.2, -0.15) is 13.2 Å². The number of nitrogens with one attached hydrogen (secondary N) is 1. The standard InChI is InChI=1S/C11H16F3NO3/c1-4-5-6-7(2)10(3,9(17)18)15-8(16)11(12,13)14/h5-7H,4H2,1-3H3,(H,15,16)(H,17,18)/b6-5+/t7-,10-/m0/s1. The van der Waals surface area contributed by atoms with Gasteiger partial charge in [0.05, 0.1) is 0 Å². The molecule has 0 heterocycles. The van der Waals surface area contributed by atoms with E-state index in [0.717, 1.165) is 6.92 Å². The summed E-state index contributed by atoms with van der Waals surface area (Å²) in [7, 11) is 0. The van der Waals surface area contributed by atoms with Crippen LogP contribution in [0.25, 0.3) is 0 Å². The summed E-state index contributed by atoms with van der Waals surface area (Å²) < 4.78 is 36.4. The molecular weight excluding hydrogens is 251 g/mol. The summed E-state index contributed by atoms with van der Waals surface area (Å²) in [6, 6.07) is 0. The minimum Gasteiger partial charge on any atom is -0.479 e. The Bertz CT molecular complexity index is 352. The van der Waals surface area contributed by atoms with Crippen LogP contribution in [0, 0.1) is 5.92 Å². The minimum atomic E-state index is -5.11.